The van der Waals surface area contributed by atoms with Crippen molar-refractivity contribution in [2.75, 3.05) is 7.11 Å². The number of nitrogens with zero attached hydrogens (tertiary/aromatic N) is 4. The van der Waals surface area contributed by atoms with Crippen LogP contribution < -0.4 is 0 Å². The summed E-state index contributed by atoms with van der Waals surface area (Å²) in [7, 11) is 1.39. The highest BCUT2D eigenvalue weighted by Gasteiger charge is 2.26. The fraction of sp³-hybridized carbons (Fsp3) is 0.125. The van der Waals surface area contributed by atoms with Gasteiger partial charge in [-0.3, -0.25) is 4.79 Å². The Bertz CT molecular complexity index is 1240. The van der Waals surface area contributed by atoms with Gasteiger partial charge in [0.15, 0.2) is 0 Å². The zero-order valence-electron chi connectivity index (χ0n) is 16.5. The Balaban J connectivity index is 1.63. The summed E-state index contributed by atoms with van der Waals surface area (Å²) in [5.74, 6) is -0.748. The number of carbonyl (C=O) groups is 1. The molecule has 5 heterocycles. The SMILES string of the molecule is COC(=O)C(C)C1=CC2=NC1=CC1=NC(=CC3=NC(=CC4=NC(=C2)C=C4)C=C3)C=C1. The van der Waals surface area contributed by atoms with Crippen LogP contribution in [0.4, 0.5) is 0 Å². The molecule has 0 aromatic rings. The number of rotatable bonds is 2. The molecule has 5 aliphatic heterocycles. The molecular weight excluding hydrogens is 376 g/mol. The Hall–Kier alpha value is -3.93. The summed E-state index contributed by atoms with van der Waals surface area (Å²) in [6.07, 6.45) is 21.2. The maximum absolute atomic E-state index is 12.2. The van der Waals surface area contributed by atoms with Gasteiger partial charge in [0.1, 0.15) is 0 Å². The molecular formula is C24H18N4O2. The minimum Gasteiger partial charge on any atom is -0.469 e. The molecule has 6 heteroatoms. The van der Waals surface area contributed by atoms with Crippen molar-refractivity contribution in [1.29, 1.82) is 0 Å². The van der Waals surface area contributed by atoms with Gasteiger partial charge in [-0.2, -0.15) is 0 Å². The van der Waals surface area contributed by atoms with Crippen molar-refractivity contribution in [1.82, 2.24) is 0 Å². The van der Waals surface area contributed by atoms with Crippen LogP contribution in [0.15, 0.2) is 115 Å². The molecule has 146 valence electrons. The summed E-state index contributed by atoms with van der Waals surface area (Å²) in [6.45, 7) is 1.82. The third-order valence-corrected chi connectivity index (χ3v) is 5.09. The molecule has 0 aliphatic carbocycles. The lowest BCUT2D eigenvalue weighted by Gasteiger charge is -2.11. The smallest absolute Gasteiger partial charge is 0.312 e. The normalized spacial score (nSPS) is 21.7. The number of hydrogen-bond acceptors (Lipinski definition) is 6. The van der Waals surface area contributed by atoms with E-state index < -0.39 is 5.92 Å². The molecule has 0 saturated heterocycles. The van der Waals surface area contributed by atoms with Crippen LogP contribution in [0.1, 0.15) is 6.92 Å². The fourth-order valence-corrected chi connectivity index (χ4v) is 3.57. The highest BCUT2D eigenvalue weighted by molar-refractivity contribution is 6.15. The second-order valence-corrected chi connectivity index (χ2v) is 7.23. The van der Waals surface area contributed by atoms with Gasteiger partial charge in [0.2, 0.25) is 0 Å². The minimum atomic E-state index is -0.442. The van der Waals surface area contributed by atoms with Gasteiger partial charge in [0, 0.05) is 0 Å². The average molecular weight is 394 g/mol. The van der Waals surface area contributed by atoms with Gasteiger partial charge in [0.25, 0.3) is 0 Å². The molecule has 30 heavy (non-hydrogen) atoms. The van der Waals surface area contributed by atoms with E-state index in [0.29, 0.717) is 5.70 Å². The van der Waals surface area contributed by atoms with Gasteiger partial charge in [-0.25, -0.2) is 20.0 Å². The Labute approximate surface area is 173 Å². The van der Waals surface area contributed by atoms with E-state index in [4.69, 9.17) is 9.73 Å². The molecule has 1 atom stereocenters. The summed E-state index contributed by atoms with van der Waals surface area (Å²) >= 11 is 0. The van der Waals surface area contributed by atoms with Crippen LogP contribution >= 0.6 is 0 Å². The molecule has 0 radical (unpaired) electrons. The van der Waals surface area contributed by atoms with Crippen molar-refractivity contribution in [2.45, 2.75) is 6.92 Å². The molecule has 1 unspecified atom stereocenters. The molecule has 0 saturated carbocycles. The Kier molecular flexibility index (Phi) is 4.32. The molecule has 0 aromatic heterocycles. The first-order chi connectivity index (χ1) is 14.6. The number of carbonyl (C=O) groups excluding carboxylic acids is 1. The van der Waals surface area contributed by atoms with E-state index in [-0.39, 0.29) is 5.97 Å². The van der Waals surface area contributed by atoms with Gasteiger partial charge >= 0.3 is 5.97 Å². The van der Waals surface area contributed by atoms with Crippen molar-refractivity contribution < 1.29 is 9.53 Å². The average Bonchev–Trinajstić information content (AvgIpc) is 3.51. The number of allylic oxidation sites excluding steroid dienone is 12. The first-order valence-electron chi connectivity index (χ1n) is 9.63. The summed E-state index contributed by atoms with van der Waals surface area (Å²) in [5.41, 5.74) is 7.11. The fourth-order valence-electron chi connectivity index (χ4n) is 3.57. The van der Waals surface area contributed by atoms with E-state index in [1.165, 1.54) is 7.11 Å². The quantitative estimate of drug-likeness (QED) is 0.669. The molecule has 5 aliphatic rings. The van der Waals surface area contributed by atoms with Gasteiger partial charge in [-0.05, 0) is 79.3 Å². The Morgan fingerprint density at radius 2 is 1.20 bits per heavy atom. The molecule has 0 fully saturated rings. The van der Waals surface area contributed by atoms with Gasteiger partial charge in [0.05, 0.1) is 58.7 Å². The van der Waals surface area contributed by atoms with Gasteiger partial charge in [-0.1, -0.05) is 0 Å². The Morgan fingerprint density at radius 1 is 0.700 bits per heavy atom. The highest BCUT2D eigenvalue weighted by atomic mass is 16.5. The first-order valence-corrected chi connectivity index (χ1v) is 9.63. The molecule has 0 N–H and O–H groups in total. The van der Waals surface area contributed by atoms with Crippen molar-refractivity contribution in [3.05, 3.63) is 95.2 Å². The molecule has 0 spiro atoms. The van der Waals surface area contributed by atoms with Crippen LogP contribution in [0.5, 0.6) is 0 Å². The summed E-state index contributed by atoms with van der Waals surface area (Å²) in [6, 6.07) is 0. The summed E-state index contributed by atoms with van der Waals surface area (Å²) in [5, 5.41) is 0. The molecule has 6 nitrogen and oxygen atoms in total. The lowest BCUT2D eigenvalue weighted by molar-refractivity contribution is -0.143. The number of aliphatic imine (C=N–C) groups is 4. The topological polar surface area (TPSA) is 75.7 Å². The third kappa shape index (κ3) is 3.43. The molecule has 8 bridgehead atoms. The van der Waals surface area contributed by atoms with Crippen LogP contribution in [-0.2, 0) is 9.53 Å². The molecule has 0 amide bonds. The van der Waals surface area contributed by atoms with Crippen molar-refractivity contribution in [3.63, 3.8) is 0 Å². The van der Waals surface area contributed by atoms with Gasteiger partial charge < -0.3 is 4.74 Å². The summed E-state index contributed by atoms with van der Waals surface area (Å²) in [4.78, 5) is 30.8. The first kappa shape index (κ1) is 18.1. The molecule has 0 aromatic carbocycles. The van der Waals surface area contributed by atoms with Crippen molar-refractivity contribution >= 4 is 28.8 Å². The maximum Gasteiger partial charge on any atom is 0.312 e. The third-order valence-electron chi connectivity index (χ3n) is 5.09. The molecule has 5 rings (SSSR count). The van der Waals surface area contributed by atoms with Gasteiger partial charge in [-0.15, -0.1) is 0 Å². The monoisotopic (exact) mass is 394 g/mol. The van der Waals surface area contributed by atoms with Crippen LogP contribution in [0, 0.1) is 5.92 Å². The van der Waals surface area contributed by atoms with E-state index >= 15 is 0 Å². The summed E-state index contributed by atoms with van der Waals surface area (Å²) < 4.78 is 4.94. The highest BCUT2D eigenvalue weighted by Crippen LogP contribution is 2.29. The predicted octanol–water partition coefficient (Wildman–Crippen LogP) is 3.76. The van der Waals surface area contributed by atoms with Crippen LogP contribution in [0.25, 0.3) is 0 Å². The number of methoxy groups -OCH3 is 1. The lowest BCUT2D eigenvalue weighted by Crippen LogP contribution is -2.15. The van der Waals surface area contributed by atoms with Crippen LogP contribution in [0.3, 0.4) is 0 Å². The number of ether oxygens (including phenoxy) is 1. The number of fused-ring (bicyclic) bond motifs is 4. The van der Waals surface area contributed by atoms with E-state index in [9.17, 15) is 4.79 Å². The number of hydrogen-bond donors (Lipinski definition) is 0. The largest absolute Gasteiger partial charge is 0.469 e. The second-order valence-electron chi connectivity index (χ2n) is 7.23. The van der Waals surface area contributed by atoms with Crippen molar-refractivity contribution in [2.24, 2.45) is 25.9 Å². The maximum atomic E-state index is 12.2. The Morgan fingerprint density at radius 3 is 1.73 bits per heavy atom. The lowest BCUT2D eigenvalue weighted by atomic mass is 9.97. The van der Waals surface area contributed by atoms with E-state index in [1.807, 2.05) is 73.8 Å². The zero-order valence-corrected chi connectivity index (χ0v) is 16.5. The number of esters is 1. The predicted molar refractivity (Wildman–Crippen MR) is 119 cm³/mol. The van der Waals surface area contributed by atoms with E-state index in [2.05, 4.69) is 15.0 Å². The second kappa shape index (κ2) is 7.15. The van der Waals surface area contributed by atoms with E-state index in [0.717, 1.165) is 45.5 Å². The van der Waals surface area contributed by atoms with E-state index in [1.54, 1.807) is 0 Å². The zero-order chi connectivity index (χ0) is 20.7. The van der Waals surface area contributed by atoms with Crippen LogP contribution in [-0.4, -0.2) is 35.9 Å². The van der Waals surface area contributed by atoms with Crippen LogP contribution in [0.2, 0.25) is 0 Å². The standard InChI is InChI=1S/C24H18N4O2/c1-14(24(29)30-2)22-12-21-11-19-6-5-17(26-19)9-15-3-4-16(25-15)10-18-7-8-20(27-18)13-23(22)28-21/h3-14H,1-2H3. The minimum absolute atomic E-state index is 0.305. The van der Waals surface area contributed by atoms with Crippen molar-refractivity contribution in [3.8, 4) is 0 Å².